The van der Waals surface area contributed by atoms with Gasteiger partial charge in [-0.1, -0.05) is 56.3 Å². The van der Waals surface area contributed by atoms with Crippen molar-refractivity contribution >= 4 is 18.1 Å². The van der Waals surface area contributed by atoms with E-state index in [2.05, 4.69) is 0 Å². The van der Waals surface area contributed by atoms with Crippen molar-refractivity contribution in [2.75, 3.05) is 13.6 Å². The van der Waals surface area contributed by atoms with Gasteiger partial charge in [0.15, 0.2) is 12.2 Å². The number of aliphatic carboxylic acids is 1. The third-order valence-electron chi connectivity index (χ3n) is 5.12. The lowest BCUT2D eigenvalue weighted by molar-refractivity contribution is -0.179. The molecule has 0 heterocycles. The Kier molecular flexibility index (Phi) is 8.84. The molecule has 0 aliphatic heterocycles. The predicted molar refractivity (Wildman–Crippen MR) is 122 cm³/mol. The molecule has 0 bridgehead atoms. The SMILES string of the molecule is CC(C)CCN(C(=O)N(C)C#N)C(c1ccc(-c2cccc(/C=C/C(=O)O)c2)cc1)C(F)(F)F. The van der Waals surface area contributed by atoms with Crippen molar-refractivity contribution in [2.24, 2.45) is 5.92 Å². The summed E-state index contributed by atoms with van der Waals surface area (Å²) in [5.41, 5.74) is 1.83. The van der Waals surface area contributed by atoms with Crippen LogP contribution in [0, 0.1) is 17.4 Å². The molecule has 180 valence electrons. The first-order chi connectivity index (χ1) is 15.9. The molecular weight excluding hydrogens is 447 g/mol. The molecule has 2 aromatic rings. The number of carboxylic acids is 1. The van der Waals surface area contributed by atoms with Gasteiger partial charge in [0.25, 0.3) is 0 Å². The molecule has 34 heavy (non-hydrogen) atoms. The van der Waals surface area contributed by atoms with Gasteiger partial charge in [0.05, 0.1) is 0 Å². The van der Waals surface area contributed by atoms with E-state index < -0.39 is 24.2 Å². The normalized spacial score (nSPS) is 12.4. The van der Waals surface area contributed by atoms with Crippen LogP contribution in [0.25, 0.3) is 17.2 Å². The number of amides is 2. The number of nitrogens with zero attached hydrogens (tertiary/aromatic N) is 3. The number of benzene rings is 2. The number of rotatable bonds is 8. The average Bonchev–Trinajstić information content (AvgIpc) is 2.78. The van der Waals surface area contributed by atoms with E-state index in [-0.39, 0.29) is 18.0 Å². The highest BCUT2D eigenvalue weighted by Gasteiger charge is 2.47. The minimum absolute atomic E-state index is 0.0569. The number of carbonyl (C=O) groups excluding carboxylic acids is 1. The van der Waals surface area contributed by atoms with E-state index in [1.165, 1.54) is 30.3 Å². The zero-order valence-corrected chi connectivity index (χ0v) is 19.1. The number of hydrogen-bond donors (Lipinski definition) is 1. The van der Waals surface area contributed by atoms with Crippen molar-refractivity contribution in [3.05, 3.63) is 65.7 Å². The minimum Gasteiger partial charge on any atom is -0.478 e. The van der Waals surface area contributed by atoms with Gasteiger partial charge in [-0.05, 0) is 46.7 Å². The fourth-order valence-electron chi connectivity index (χ4n) is 3.36. The Morgan fingerprint density at radius 2 is 1.76 bits per heavy atom. The Hall–Kier alpha value is -3.80. The second-order valence-corrected chi connectivity index (χ2v) is 8.18. The van der Waals surface area contributed by atoms with Crippen molar-refractivity contribution in [3.8, 4) is 17.3 Å². The number of halogens is 3. The van der Waals surface area contributed by atoms with Gasteiger partial charge >= 0.3 is 18.2 Å². The van der Waals surface area contributed by atoms with E-state index in [0.29, 0.717) is 32.9 Å². The molecule has 0 spiro atoms. The molecule has 0 aliphatic carbocycles. The van der Waals surface area contributed by atoms with Crippen LogP contribution in [0.2, 0.25) is 0 Å². The van der Waals surface area contributed by atoms with E-state index in [1.807, 2.05) is 13.8 Å². The summed E-state index contributed by atoms with van der Waals surface area (Å²) < 4.78 is 42.6. The van der Waals surface area contributed by atoms with Crippen LogP contribution in [-0.2, 0) is 4.79 Å². The Bertz CT molecular complexity index is 1070. The quantitative estimate of drug-likeness (QED) is 0.292. The molecule has 0 aromatic heterocycles. The van der Waals surface area contributed by atoms with Crippen LogP contribution in [0.5, 0.6) is 0 Å². The topological polar surface area (TPSA) is 84.6 Å². The fraction of sp³-hybridized carbons (Fsp3) is 0.320. The summed E-state index contributed by atoms with van der Waals surface area (Å²) in [6.07, 6.45) is -0.424. The fourth-order valence-corrected chi connectivity index (χ4v) is 3.36. The Morgan fingerprint density at radius 3 is 2.29 bits per heavy atom. The molecule has 0 radical (unpaired) electrons. The van der Waals surface area contributed by atoms with Crippen LogP contribution in [0.4, 0.5) is 18.0 Å². The molecule has 0 aliphatic rings. The first kappa shape index (κ1) is 26.5. The monoisotopic (exact) mass is 473 g/mol. The molecule has 9 heteroatoms. The summed E-state index contributed by atoms with van der Waals surface area (Å²) in [4.78, 5) is 24.7. The summed E-state index contributed by atoms with van der Waals surface area (Å²) in [5, 5.41) is 17.8. The smallest absolute Gasteiger partial charge is 0.413 e. The molecule has 1 atom stereocenters. The Morgan fingerprint density at radius 1 is 1.12 bits per heavy atom. The van der Waals surface area contributed by atoms with Crippen molar-refractivity contribution in [2.45, 2.75) is 32.5 Å². The van der Waals surface area contributed by atoms with Gasteiger partial charge in [-0.25, -0.2) is 14.5 Å². The van der Waals surface area contributed by atoms with Gasteiger partial charge in [-0.15, -0.1) is 0 Å². The number of hydrogen-bond acceptors (Lipinski definition) is 3. The van der Waals surface area contributed by atoms with Crippen molar-refractivity contribution in [1.82, 2.24) is 9.80 Å². The molecule has 0 saturated carbocycles. The molecule has 2 aromatic carbocycles. The molecule has 0 fully saturated rings. The van der Waals surface area contributed by atoms with Crippen molar-refractivity contribution in [3.63, 3.8) is 0 Å². The maximum absolute atomic E-state index is 14.2. The number of nitriles is 1. The standard InChI is InChI=1S/C25H26F3N3O3/c1-17(2)13-14-31(24(34)30(3)16-29)23(25(26,27)28)20-10-8-19(9-11-20)21-6-4-5-18(15-21)7-12-22(32)33/h4-12,15,17,23H,13-14H2,1-3H3,(H,32,33)/b12-7+. The molecule has 2 amide bonds. The van der Waals surface area contributed by atoms with Crippen LogP contribution < -0.4 is 0 Å². The zero-order chi connectivity index (χ0) is 25.5. The highest BCUT2D eigenvalue weighted by Crippen LogP contribution is 2.39. The maximum atomic E-state index is 14.2. The number of carboxylic acid groups (broad SMARTS) is 1. The first-order valence-corrected chi connectivity index (χ1v) is 10.6. The highest BCUT2D eigenvalue weighted by atomic mass is 19.4. The lowest BCUT2D eigenvalue weighted by atomic mass is 9.98. The molecule has 0 saturated heterocycles. The molecule has 1 unspecified atom stereocenters. The third kappa shape index (κ3) is 7.10. The van der Waals surface area contributed by atoms with Crippen LogP contribution >= 0.6 is 0 Å². The molecule has 2 rings (SSSR count). The predicted octanol–water partition coefficient (Wildman–Crippen LogP) is 5.94. The summed E-state index contributed by atoms with van der Waals surface area (Å²) in [6, 6.07) is 9.34. The molecule has 6 nitrogen and oxygen atoms in total. The number of urea groups is 1. The van der Waals surface area contributed by atoms with Gasteiger partial charge in [0.1, 0.15) is 0 Å². The molecular formula is C25H26F3N3O3. The van der Waals surface area contributed by atoms with Crippen LogP contribution in [0.1, 0.15) is 37.4 Å². The van der Waals surface area contributed by atoms with Gasteiger partial charge in [-0.2, -0.15) is 18.4 Å². The summed E-state index contributed by atoms with van der Waals surface area (Å²) in [5.74, 6) is -1.03. The summed E-state index contributed by atoms with van der Waals surface area (Å²) in [7, 11) is 1.13. The van der Waals surface area contributed by atoms with Crippen molar-refractivity contribution < 1.29 is 27.9 Å². The van der Waals surface area contributed by atoms with E-state index in [1.54, 1.807) is 30.5 Å². The first-order valence-electron chi connectivity index (χ1n) is 10.6. The average molecular weight is 473 g/mol. The third-order valence-corrected chi connectivity index (χ3v) is 5.12. The van der Waals surface area contributed by atoms with Gasteiger partial charge in [0.2, 0.25) is 0 Å². The van der Waals surface area contributed by atoms with E-state index in [4.69, 9.17) is 10.4 Å². The second kappa shape index (κ2) is 11.4. The van der Waals surface area contributed by atoms with Gasteiger partial charge in [0, 0.05) is 19.7 Å². The highest BCUT2D eigenvalue weighted by molar-refractivity contribution is 5.85. The van der Waals surface area contributed by atoms with E-state index in [0.717, 1.165) is 13.1 Å². The number of alkyl halides is 3. The second-order valence-electron chi connectivity index (χ2n) is 8.18. The summed E-state index contributed by atoms with van der Waals surface area (Å²) in [6.45, 7) is 3.52. The van der Waals surface area contributed by atoms with Gasteiger partial charge in [-0.3, -0.25) is 0 Å². The lowest BCUT2D eigenvalue weighted by Gasteiger charge is -2.35. The van der Waals surface area contributed by atoms with Crippen LogP contribution in [0.3, 0.4) is 0 Å². The largest absolute Gasteiger partial charge is 0.478 e. The van der Waals surface area contributed by atoms with Crippen molar-refractivity contribution in [1.29, 1.82) is 5.26 Å². The molecule has 1 N–H and O–H groups in total. The van der Waals surface area contributed by atoms with E-state index in [9.17, 15) is 22.8 Å². The van der Waals surface area contributed by atoms with Gasteiger partial charge < -0.3 is 10.0 Å². The lowest BCUT2D eigenvalue weighted by Crippen LogP contribution is -2.47. The Balaban J connectivity index is 2.44. The zero-order valence-electron chi connectivity index (χ0n) is 19.1. The van der Waals surface area contributed by atoms with Crippen LogP contribution in [0.15, 0.2) is 54.6 Å². The maximum Gasteiger partial charge on any atom is 0.413 e. The number of carbonyl (C=O) groups is 2. The van der Waals surface area contributed by atoms with Crippen LogP contribution in [-0.4, -0.2) is 46.7 Å². The summed E-state index contributed by atoms with van der Waals surface area (Å²) >= 11 is 0. The van der Waals surface area contributed by atoms with E-state index >= 15 is 0 Å². The minimum atomic E-state index is -4.76. The Labute approximate surface area is 196 Å².